The molecule has 10 heavy (non-hydrogen) atoms. The first-order valence-electron chi connectivity index (χ1n) is 2.40. The Labute approximate surface area is 57.4 Å². The molecule has 6 nitrogen and oxygen atoms in total. The first kappa shape index (κ1) is 9.90. The van der Waals surface area contributed by atoms with Crippen LogP contribution >= 0.6 is 8.17 Å². The molecule has 0 saturated heterocycles. The summed E-state index contributed by atoms with van der Waals surface area (Å²) in [6.07, 6.45) is -1.28. The van der Waals surface area contributed by atoms with Gasteiger partial charge >= 0.3 is 56.3 Å². The third kappa shape index (κ3) is 6.03. The van der Waals surface area contributed by atoms with Crippen molar-refractivity contribution in [3.05, 3.63) is 0 Å². The summed E-state index contributed by atoms with van der Waals surface area (Å²) in [5.74, 6) is 0. The van der Waals surface area contributed by atoms with Gasteiger partial charge in [-0.2, -0.15) is 0 Å². The van der Waals surface area contributed by atoms with Gasteiger partial charge < -0.3 is 0 Å². The molecule has 0 spiro atoms. The van der Waals surface area contributed by atoms with Gasteiger partial charge in [-0.1, -0.05) is 0 Å². The molecule has 7 heteroatoms. The van der Waals surface area contributed by atoms with Gasteiger partial charge in [0.25, 0.3) is 0 Å². The third-order valence-corrected chi connectivity index (χ3v) is 1.16. The van der Waals surface area contributed by atoms with Gasteiger partial charge in [0.2, 0.25) is 0 Å². The van der Waals surface area contributed by atoms with Gasteiger partial charge in [0.15, 0.2) is 0 Å². The van der Waals surface area contributed by atoms with E-state index in [9.17, 15) is 4.79 Å². The van der Waals surface area contributed by atoms with Crippen molar-refractivity contribution < 1.29 is 29.1 Å². The molecule has 1 unspecified atom stereocenters. The van der Waals surface area contributed by atoms with E-state index in [2.05, 4.69) is 4.52 Å². The summed E-state index contributed by atoms with van der Waals surface area (Å²) in [4.78, 5) is 34.2. The van der Waals surface area contributed by atoms with Gasteiger partial charge in [-0.15, -0.1) is 0 Å². The van der Waals surface area contributed by atoms with Crippen molar-refractivity contribution in [3.8, 4) is 0 Å². The fraction of sp³-hybridized carbons (Fsp3) is 0.667. The minimum atomic E-state index is -4.56. The minimum absolute atomic E-state index is 0.153. The van der Waals surface area contributed by atoms with Gasteiger partial charge in [0, 0.05) is 0 Å². The quantitative estimate of drug-likeness (QED) is 0.287. The monoisotopic (exact) mass is 172 g/mol. The predicted octanol–water partition coefficient (Wildman–Crippen LogP) is -2.05. The van der Waals surface area contributed by atoms with Crippen LogP contribution in [-0.2, 0) is 9.32 Å². The molecule has 0 rings (SSSR count). The number of aldehydes is 1. The van der Waals surface area contributed by atoms with E-state index in [0.29, 0.717) is 0 Å². The van der Waals surface area contributed by atoms with Crippen molar-refractivity contribution in [2.45, 2.75) is 6.10 Å². The van der Waals surface area contributed by atoms with E-state index in [1.165, 1.54) is 0 Å². The Balaban J connectivity index is 3.45. The Morgan fingerprint density at radius 3 is 2.30 bits per heavy atom. The van der Waals surface area contributed by atoms with Crippen LogP contribution in [-0.4, -0.2) is 38.8 Å². The SMILES string of the molecule is O=CC(O)CO[PH](O)(O)O. The average molecular weight is 172 g/mol. The second-order valence-corrected chi connectivity index (χ2v) is 3.02. The van der Waals surface area contributed by atoms with Crippen LogP contribution in [0.1, 0.15) is 0 Å². The zero-order chi connectivity index (χ0) is 8.20. The number of aliphatic hydroxyl groups excluding tert-OH is 1. The summed E-state index contributed by atoms with van der Waals surface area (Å²) in [5.41, 5.74) is 0. The Bertz CT molecular complexity index is 108. The van der Waals surface area contributed by atoms with Gasteiger partial charge in [-0.25, -0.2) is 0 Å². The van der Waals surface area contributed by atoms with E-state index in [-0.39, 0.29) is 6.29 Å². The molecule has 0 aromatic rings. The number of rotatable bonds is 4. The molecular weight excluding hydrogens is 163 g/mol. The molecule has 0 heterocycles. The molecule has 0 radical (unpaired) electrons. The molecule has 0 aromatic carbocycles. The van der Waals surface area contributed by atoms with Crippen LogP contribution < -0.4 is 0 Å². The summed E-state index contributed by atoms with van der Waals surface area (Å²) in [5, 5.41) is 8.42. The van der Waals surface area contributed by atoms with Crippen molar-refractivity contribution in [3.63, 3.8) is 0 Å². The summed E-state index contributed by atoms with van der Waals surface area (Å²) < 4.78 is 3.91. The van der Waals surface area contributed by atoms with Crippen LogP contribution in [0.3, 0.4) is 0 Å². The number of carbonyl (C=O) groups excluding carboxylic acids is 1. The molecule has 0 amide bonds. The Morgan fingerprint density at radius 2 is 2.00 bits per heavy atom. The van der Waals surface area contributed by atoms with Gasteiger partial charge in [-0.05, 0) is 0 Å². The predicted molar refractivity (Wildman–Crippen MR) is 33.0 cm³/mol. The van der Waals surface area contributed by atoms with E-state index in [1.807, 2.05) is 0 Å². The summed E-state index contributed by atoms with van der Waals surface area (Å²) >= 11 is 0. The number of hydrogen-bond acceptors (Lipinski definition) is 6. The molecule has 0 aliphatic carbocycles. The summed E-state index contributed by atoms with van der Waals surface area (Å²) in [6.45, 7) is -0.612. The second-order valence-electron chi connectivity index (χ2n) is 1.59. The van der Waals surface area contributed by atoms with Gasteiger partial charge in [-0.3, -0.25) is 0 Å². The maximum atomic E-state index is 9.66. The van der Waals surface area contributed by atoms with Gasteiger partial charge in [0.05, 0.1) is 0 Å². The average Bonchev–Trinajstić information content (AvgIpc) is 1.81. The van der Waals surface area contributed by atoms with Crippen molar-refractivity contribution >= 4 is 14.5 Å². The Hall–Kier alpha value is -0.100. The van der Waals surface area contributed by atoms with E-state index >= 15 is 0 Å². The first-order valence-corrected chi connectivity index (χ1v) is 4.15. The second kappa shape index (κ2) is 3.92. The molecule has 4 N–H and O–H groups in total. The van der Waals surface area contributed by atoms with Crippen LogP contribution in [0, 0.1) is 0 Å². The fourth-order valence-corrected chi connectivity index (χ4v) is 0.631. The molecule has 0 fully saturated rings. The molecular formula is C3H9O6P. The molecule has 1 atom stereocenters. The van der Waals surface area contributed by atoms with Crippen molar-refractivity contribution in [2.24, 2.45) is 0 Å². The molecule has 0 aliphatic rings. The Morgan fingerprint density at radius 1 is 1.50 bits per heavy atom. The molecule has 0 aromatic heterocycles. The van der Waals surface area contributed by atoms with E-state index < -0.39 is 20.9 Å². The molecule has 0 saturated carbocycles. The number of carbonyl (C=O) groups is 1. The van der Waals surface area contributed by atoms with E-state index in [4.69, 9.17) is 19.8 Å². The number of aliphatic hydroxyl groups is 1. The van der Waals surface area contributed by atoms with Crippen LogP contribution in [0.15, 0.2) is 0 Å². The maximum absolute atomic E-state index is 9.66. The summed E-state index contributed by atoms with van der Waals surface area (Å²) in [6, 6.07) is 0. The fourth-order valence-electron chi connectivity index (χ4n) is 0.236. The van der Waals surface area contributed by atoms with Crippen LogP contribution in [0.25, 0.3) is 0 Å². The van der Waals surface area contributed by atoms with Crippen LogP contribution in [0.2, 0.25) is 0 Å². The molecule has 0 bridgehead atoms. The molecule has 0 aliphatic heterocycles. The van der Waals surface area contributed by atoms with Crippen molar-refractivity contribution in [2.75, 3.05) is 6.61 Å². The van der Waals surface area contributed by atoms with E-state index in [0.717, 1.165) is 0 Å². The van der Waals surface area contributed by atoms with Crippen molar-refractivity contribution in [1.29, 1.82) is 0 Å². The normalized spacial score (nSPS) is 16.4. The zero-order valence-corrected chi connectivity index (χ0v) is 5.97. The first-order chi connectivity index (χ1) is 4.45. The van der Waals surface area contributed by atoms with Crippen molar-refractivity contribution in [1.82, 2.24) is 0 Å². The molecule has 62 valence electrons. The van der Waals surface area contributed by atoms with Gasteiger partial charge in [0.1, 0.15) is 0 Å². The van der Waals surface area contributed by atoms with E-state index in [1.54, 1.807) is 0 Å². The topological polar surface area (TPSA) is 107 Å². The third-order valence-electron chi connectivity index (χ3n) is 0.605. The zero-order valence-electron chi connectivity index (χ0n) is 4.97. The Kier molecular flexibility index (Phi) is 3.88. The van der Waals surface area contributed by atoms with Crippen LogP contribution in [0.5, 0.6) is 0 Å². The number of hydrogen-bond donors (Lipinski definition) is 4. The standard InChI is InChI=1S/C3H9O6P/c4-1-3(5)2-9-10(6,7)8/h1,3,5-8,10H,2H2. The summed E-state index contributed by atoms with van der Waals surface area (Å²) in [7, 11) is -4.56. The van der Waals surface area contributed by atoms with Crippen LogP contribution in [0.4, 0.5) is 0 Å².